The van der Waals surface area contributed by atoms with Crippen LogP contribution in [-0.4, -0.2) is 70.9 Å². The molecule has 41 heavy (non-hydrogen) atoms. The van der Waals surface area contributed by atoms with E-state index >= 15 is 0 Å². The van der Waals surface area contributed by atoms with E-state index in [2.05, 4.69) is 58.2 Å². The molecule has 0 atom stereocenters. The van der Waals surface area contributed by atoms with Crippen molar-refractivity contribution in [3.63, 3.8) is 0 Å². The molecule has 1 aliphatic heterocycles. The molecule has 1 aromatic carbocycles. The van der Waals surface area contributed by atoms with Gasteiger partial charge in [-0.1, -0.05) is 25.1 Å². The molecule has 10 heteroatoms. The third-order valence-corrected chi connectivity index (χ3v) is 8.29. The van der Waals surface area contributed by atoms with Gasteiger partial charge in [-0.15, -0.1) is 0 Å². The highest BCUT2D eigenvalue weighted by Crippen LogP contribution is 2.33. The largest absolute Gasteiger partial charge is 0.388 e. The first-order chi connectivity index (χ1) is 19.8. The molecule has 0 unspecified atom stereocenters. The second-order valence-electron chi connectivity index (χ2n) is 11.6. The third kappa shape index (κ3) is 5.94. The summed E-state index contributed by atoms with van der Waals surface area (Å²) < 4.78 is 3.14. The predicted octanol–water partition coefficient (Wildman–Crippen LogP) is 2.94. The zero-order chi connectivity index (χ0) is 28.6. The van der Waals surface area contributed by atoms with Crippen LogP contribution in [0.4, 0.5) is 0 Å². The Hall–Kier alpha value is -3.89. The summed E-state index contributed by atoms with van der Waals surface area (Å²) in [4.78, 5) is 38.8. The Labute approximate surface area is 239 Å². The van der Waals surface area contributed by atoms with Crippen LogP contribution in [0.25, 0.3) is 16.7 Å². The maximum absolute atomic E-state index is 13.3. The maximum atomic E-state index is 13.3. The first-order valence-corrected chi connectivity index (χ1v) is 14.5. The molecule has 2 fully saturated rings. The van der Waals surface area contributed by atoms with Crippen LogP contribution in [0, 0.1) is 5.92 Å². The smallest absolute Gasteiger partial charge is 0.264 e. The molecule has 1 aliphatic carbocycles. The number of benzene rings is 1. The maximum Gasteiger partial charge on any atom is 0.264 e. The number of carbonyl (C=O) groups is 1. The van der Waals surface area contributed by atoms with Crippen molar-refractivity contribution in [3.05, 3.63) is 82.3 Å². The van der Waals surface area contributed by atoms with Crippen molar-refractivity contribution >= 4 is 16.9 Å². The van der Waals surface area contributed by atoms with Crippen molar-refractivity contribution in [2.24, 2.45) is 5.92 Å². The van der Waals surface area contributed by atoms with E-state index in [9.17, 15) is 14.7 Å². The van der Waals surface area contributed by atoms with E-state index in [4.69, 9.17) is 0 Å². The second kappa shape index (κ2) is 11.2. The topological polar surface area (TPSA) is 109 Å². The van der Waals surface area contributed by atoms with Crippen LogP contribution in [0.15, 0.2) is 59.9 Å². The highest BCUT2D eigenvalue weighted by molar-refractivity contribution is 5.81. The number of carbonyl (C=O) groups excluding carboxylic acids is 1. The fraction of sp³-hybridized carbons (Fsp3) is 0.452. The van der Waals surface area contributed by atoms with Crippen molar-refractivity contribution in [2.75, 3.05) is 20.1 Å². The number of aryl methyl sites for hydroxylation is 1. The molecule has 1 amide bonds. The lowest BCUT2D eigenvalue weighted by Crippen LogP contribution is -2.50. The van der Waals surface area contributed by atoms with Gasteiger partial charge in [-0.05, 0) is 68.5 Å². The lowest BCUT2D eigenvalue weighted by atomic mass is 9.91. The van der Waals surface area contributed by atoms with Crippen molar-refractivity contribution < 1.29 is 9.90 Å². The Morgan fingerprint density at radius 3 is 2.39 bits per heavy atom. The molecule has 1 saturated heterocycles. The minimum absolute atomic E-state index is 0.145. The van der Waals surface area contributed by atoms with Gasteiger partial charge in [0.1, 0.15) is 11.7 Å². The SMILES string of the molecule is CCc1ccc(CN(C)Cc2ccc(-n3ncc4c(=O)n(CC5(O)CCN(C(=O)C6CC6)CC5)cnc43)cc2)cn1. The van der Waals surface area contributed by atoms with Gasteiger partial charge in [-0.2, -0.15) is 5.10 Å². The van der Waals surface area contributed by atoms with E-state index in [0.29, 0.717) is 37.0 Å². The Balaban J connectivity index is 1.11. The third-order valence-electron chi connectivity index (χ3n) is 8.29. The molecule has 6 rings (SSSR count). The minimum atomic E-state index is -1.05. The first-order valence-electron chi connectivity index (χ1n) is 14.5. The molecule has 0 spiro atoms. The summed E-state index contributed by atoms with van der Waals surface area (Å²) in [6.45, 7) is 4.88. The second-order valence-corrected chi connectivity index (χ2v) is 11.6. The van der Waals surface area contributed by atoms with E-state index in [1.807, 2.05) is 23.2 Å². The van der Waals surface area contributed by atoms with Crippen molar-refractivity contribution in [1.29, 1.82) is 0 Å². The Morgan fingerprint density at radius 2 is 1.73 bits per heavy atom. The van der Waals surface area contributed by atoms with Crippen LogP contribution < -0.4 is 5.56 Å². The molecule has 1 saturated carbocycles. The normalized spacial score (nSPS) is 16.9. The van der Waals surface area contributed by atoms with Gasteiger partial charge in [-0.25, -0.2) is 9.67 Å². The number of nitrogens with zero attached hydrogens (tertiary/aromatic N) is 7. The molecule has 214 valence electrons. The fourth-order valence-corrected chi connectivity index (χ4v) is 5.64. The summed E-state index contributed by atoms with van der Waals surface area (Å²) in [5.74, 6) is 0.381. The molecule has 4 heterocycles. The number of aromatic nitrogens is 5. The zero-order valence-electron chi connectivity index (χ0n) is 23.7. The van der Waals surface area contributed by atoms with E-state index in [0.717, 1.165) is 43.7 Å². The van der Waals surface area contributed by atoms with Crippen molar-refractivity contribution in [2.45, 2.75) is 64.3 Å². The molecule has 1 N–H and O–H groups in total. The van der Waals surface area contributed by atoms with Crippen LogP contribution >= 0.6 is 0 Å². The highest BCUT2D eigenvalue weighted by Gasteiger charge is 2.39. The lowest BCUT2D eigenvalue weighted by molar-refractivity contribution is -0.137. The number of pyridine rings is 1. The monoisotopic (exact) mass is 555 g/mol. The summed E-state index contributed by atoms with van der Waals surface area (Å²) in [6, 6.07) is 12.3. The van der Waals surface area contributed by atoms with E-state index in [1.165, 1.54) is 22.0 Å². The fourth-order valence-electron chi connectivity index (χ4n) is 5.64. The van der Waals surface area contributed by atoms with Crippen LogP contribution in [-0.2, 0) is 30.8 Å². The number of rotatable bonds is 9. The van der Waals surface area contributed by atoms with Crippen LogP contribution in [0.2, 0.25) is 0 Å². The van der Waals surface area contributed by atoms with Crippen LogP contribution in [0.5, 0.6) is 0 Å². The van der Waals surface area contributed by atoms with Gasteiger partial charge in [-0.3, -0.25) is 24.0 Å². The van der Waals surface area contributed by atoms with Gasteiger partial charge < -0.3 is 10.0 Å². The Morgan fingerprint density at radius 1 is 1.02 bits per heavy atom. The quantitative estimate of drug-likeness (QED) is 0.338. The van der Waals surface area contributed by atoms with Gasteiger partial charge in [0.15, 0.2) is 5.65 Å². The summed E-state index contributed by atoms with van der Waals surface area (Å²) in [7, 11) is 2.09. The van der Waals surface area contributed by atoms with Gasteiger partial charge in [0.25, 0.3) is 5.56 Å². The van der Waals surface area contributed by atoms with Crippen molar-refractivity contribution in [3.8, 4) is 5.69 Å². The average molecular weight is 556 g/mol. The minimum Gasteiger partial charge on any atom is -0.388 e. The molecule has 0 bridgehead atoms. The summed E-state index contributed by atoms with van der Waals surface area (Å²) >= 11 is 0. The summed E-state index contributed by atoms with van der Waals surface area (Å²) in [5.41, 5.74) is 3.47. The van der Waals surface area contributed by atoms with Crippen molar-refractivity contribution in [1.82, 2.24) is 34.1 Å². The van der Waals surface area contributed by atoms with E-state index in [1.54, 1.807) is 10.9 Å². The number of fused-ring (bicyclic) bond motifs is 1. The Bertz CT molecular complexity index is 1580. The molecular formula is C31H37N7O3. The molecular weight excluding hydrogens is 518 g/mol. The van der Waals surface area contributed by atoms with Gasteiger partial charge >= 0.3 is 0 Å². The number of hydrogen-bond donors (Lipinski definition) is 1. The summed E-state index contributed by atoms with van der Waals surface area (Å²) in [5, 5.41) is 16.1. The molecule has 2 aliphatic rings. The Kier molecular flexibility index (Phi) is 7.44. The predicted molar refractivity (Wildman–Crippen MR) is 155 cm³/mol. The molecule has 10 nitrogen and oxygen atoms in total. The number of piperidine rings is 1. The molecule has 3 aromatic heterocycles. The first kappa shape index (κ1) is 27.3. The standard InChI is InChI=1S/C31H37N7O3/c1-3-25-9-4-23(16-32-25)19-35(2)18-22-5-10-26(11-6-22)38-28-27(17-34-38)30(40)37(21-33-28)20-31(41)12-14-36(15-13-31)29(39)24-7-8-24/h4-6,9-11,16-17,21,24,41H,3,7-8,12-15,18-20H2,1-2H3. The number of amides is 1. The van der Waals surface area contributed by atoms with E-state index < -0.39 is 5.60 Å². The van der Waals surface area contributed by atoms with Gasteiger partial charge in [0.2, 0.25) is 5.91 Å². The molecule has 4 aromatic rings. The number of likely N-dealkylation sites (tertiary alicyclic amines) is 1. The van der Waals surface area contributed by atoms with E-state index in [-0.39, 0.29) is 23.9 Å². The summed E-state index contributed by atoms with van der Waals surface area (Å²) in [6.07, 6.45) is 8.76. The zero-order valence-corrected chi connectivity index (χ0v) is 23.7. The average Bonchev–Trinajstić information content (AvgIpc) is 3.74. The van der Waals surface area contributed by atoms with Gasteiger partial charge in [0, 0.05) is 44.0 Å². The number of hydrogen-bond acceptors (Lipinski definition) is 7. The van der Waals surface area contributed by atoms with Crippen LogP contribution in [0.3, 0.4) is 0 Å². The van der Waals surface area contributed by atoms with Crippen LogP contribution in [0.1, 0.15) is 49.4 Å². The van der Waals surface area contributed by atoms with Gasteiger partial charge in [0.05, 0.1) is 24.0 Å². The molecule has 0 radical (unpaired) electrons. The number of aliphatic hydroxyl groups is 1. The highest BCUT2D eigenvalue weighted by atomic mass is 16.3. The lowest BCUT2D eigenvalue weighted by Gasteiger charge is -2.38.